The third-order valence-electron chi connectivity index (χ3n) is 2.86. The third-order valence-corrected chi connectivity index (χ3v) is 4.05. The second-order valence-corrected chi connectivity index (χ2v) is 5.59. The van der Waals surface area contributed by atoms with Gasteiger partial charge < -0.3 is 10.2 Å². The van der Waals surface area contributed by atoms with Gasteiger partial charge in [-0.2, -0.15) is 0 Å². The first-order valence-corrected chi connectivity index (χ1v) is 7.11. The second kappa shape index (κ2) is 5.97. The van der Waals surface area contributed by atoms with E-state index in [-0.39, 0.29) is 5.91 Å². The van der Waals surface area contributed by atoms with Crippen LogP contribution in [0.4, 0.5) is 5.82 Å². The Morgan fingerprint density at radius 2 is 2.21 bits per heavy atom. The normalized spacial score (nSPS) is 10.7. The number of fused-ring (bicyclic) bond motifs is 1. The van der Waals surface area contributed by atoms with Gasteiger partial charge in [0.05, 0.1) is 5.39 Å². The molecule has 0 aromatic carbocycles. The van der Waals surface area contributed by atoms with E-state index in [1.165, 1.54) is 4.88 Å². The third kappa shape index (κ3) is 3.20. The molecule has 0 fully saturated rings. The molecular weight excluding hydrogens is 260 g/mol. The average Bonchev–Trinajstić information content (AvgIpc) is 2.82. The predicted molar refractivity (Wildman–Crippen MR) is 78.6 cm³/mol. The Hall–Kier alpha value is -1.69. The van der Waals surface area contributed by atoms with Crippen molar-refractivity contribution in [3.63, 3.8) is 0 Å². The van der Waals surface area contributed by atoms with Crippen LogP contribution in [0.15, 0.2) is 12.4 Å². The minimum atomic E-state index is 0.109. The van der Waals surface area contributed by atoms with Gasteiger partial charge in [0, 0.05) is 31.9 Å². The molecule has 0 bridgehead atoms. The molecule has 1 amide bonds. The Kier molecular flexibility index (Phi) is 4.31. The molecule has 0 aliphatic heterocycles. The summed E-state index contributed by atoms with van der Waals surface area (Å²) in [5, 5.41) is 4.26. The minimum absolute atomic E-state index is 0.109. The van der Waals surface area contributed by atoms with Gasteiger partial charge >= 0.3 is 0 Å². The van der Waals surface area contributed by atoms with Crippen molar-refractivity contribution in [3.05, 3.63) is 17.3 Å². The summed E-state index contributed by atoms with van der Waals surface area (Å²) in [6.45, 7) is 2.71. The maximum Gasteiger partial charge on any atom is 0.223 e. The molecule has 102 valence electrons. The topological polar surface area (TPSA) is 58.1 Å². The van der Waals surface area contributed by atoms with Crippen molar-refractivity contribution in [2.75, 3.05) is 26.0 Å². The van der Waals surface area contributed by atoms with Gasteiger partial charge in [0.25, 0.3) is 0 Å². The summed E-state index contributed by atoms with van der Waals surface area (Å²) in [6.07, 6.45) is 3.03. The Morgan fingerprint density at radius 1 is 1.42 bits per heavy atom. The van der Waals surface area contributed by atoms with Crippen LogP contribution in [0.5, 0.6) is 0 Å². The summed E-state index contributed by atoms with van der Waals surface area (Å²) in [5.74, 6) is 0.921. The monoisotopic (exact) mass is 278 g/mol. The highest BCUT2D eigenvalue weighted by Gasteiger charge is 2.08. The van der Waals surface area contributed by atoms with E-state index in [4.69, 9.17) is 0 Å². The van der Waals surface area contributed by atoms with E-state index < -0.39 is 0 Å². The van der Waals surface area contributed by atoms with Crippen molar-refractivity contribution in [1.29, 1.82) is 0 Å². The molecule has 0 atom stereocenters. The van der Waals surface area contributed by atoms with Crippen molar-refractivity contribution >= 4 is 33.3 Å². The van der Waals surface area contributed by atoms with Gasteiger partial charge in [0.15, 0.2) is 0 Å². The molecule has 2 aromatic rings. The number of aromatic nitrogens is 2. The van der Waals surface area contributed by atoms with E-state index in [0.717, 1.165) is 22.5 Å². The Balaban J connectivity index is 2.08. The average molecular weight is 278 g/mol. The van der Waals surface area contributed by atoms with Crippen LogP contribution in [-0.2, 0) is 11.2 Å². The lowest BCUT2D eigenvalue weighted by molar-refractivity contribution is -0.128. The molecule has 0 saturated carbocycles. The lowest BCUT2D eigenvalue weighted by atomic mass is 10.3. The fourth-order valence-corrected chi connectivity index (χ4v) is 2.67. The highest BCUT2D eigenvalue weighted by atomic mass is 32.1. The van der Waals surface area contributed by atoms with Gasteiger partial charge in [-0.3, -0.25) is 4.79 Å². The molecule has 0 saturated heterocycles. The van der Waals surface area contributed by atoms with Crippen LogP contribution in [0.1, 0.15) is 18.2 Å². The van der Waals surface area contributed by atoms with Crippen molar-refractivity contribution < 1.29 is 4.79 Å². The molecule has 6 heteroatoms. The molecule has 0 aliphatic rings. The molecule has 0 radical (unpaired) electrons. The first kappa shape index (κ1) is 13.7. The molecule has 2 rings (SSSR count). The molecule has 2 heterocycles. The lowest BCUT2D eigenvalue weighted by Crippen LogP contribution is -2.24. The van der Waals surface area contributed by atoms with Crippen molar-refractivity contribution in [1.82, 2.24) is 14.9 Å². The second-order valence-electron chi connectivity index (χ2n) is 4.47. The van der Waals surface area contributed by atoms with Crippen LogP contribution in [-0.4, -0.2) is 41.4 Å². The Labute approximate surface area is 116 Å². The number of nitrogens with zero attached hydrogens (tertiary/aromatic N) is 3. The van der Waals surface area contributed by atoms with Crippen molar-refractivity contribution in [2.45, 2.75) is 19.8 Å². The van der Waals surface area contributed by atoms with Gasteiger partial charge in [-0.25, -0.2) is 9.97 Å². The zero-order chi connectivity index (χ0) is 13.8. The minimum Gasteiger partial charge on any atom is -0.369 e. The van der Waals surface area contributed by atoms with Gasteiger partial charge in [-0.05, 0) is 12.5 Å². The number of anilines is 1. The summed E-state index contributed by atoms with van der Waals surface area (Å²) >= 11 is 1.69. The maximum atomic E-state index is 11.5. The SMILES string of the molecule is CCc1cc2c(NCCC(=O)N(C)C)ncnc2s1. The van der Waals surface area contributed by atoms with Gasteiger partial charge in [0.1, 0.15) is 17.0 Å². The summed E-state index contributed by atoms with van der Waals surface area (Å²) in [7, 11) is 3.52. The number of amides is 1. The molecule has 0 unspecified atom stereocenters. The fourth-order valence-electron chi connectivity index (χ4n) is 1.73. The largest absolute Gasteiger partial charge is 0.369 e. The Bertz CT molecular complexity index is 579. The number of aryl methyl sites for hydroxylation is 1. The summed E-state index contributed by atoms with van der Waals surface area (Å²) in [5.41, 5.74) is 0. The molecule has 5 nitrogen and oxygen atoms in total. The maximum absolute atomic E-state index is 11.5. The quantitative estimate of drug-likeness (QED) is 0.910. The van der Waals surface area contributed by atoms with E-state index in [0.29, 0.717) is 13.0 Å². The van der Waals surface area contributed by atoms with Crippen LogP contribution >= 0.6 is 11.3 Å². The molecule has 2 aromatic heterocycles. The number of carbonyl (C=O) groups excluding carboxylic acids is 1. The van der Waals surface area contributed by atoms with Crippen LogP contribution in [0.25, 0.3) is 10.2 Å². The molecule has 19 heavy (non-hydrogen) atoms. The number of rotatable bonds is 5. The van der Waals surface area contributed by atoms with Gasteiger partial charge in [-0.15, -0.1) is 11.3 Å². The number of hydrogen-bond acceptors (Lipinski definition) is 5. The van der Waals surface area contributed by atoms with Crippen LogP contribution in [0.3, 0.4) is 0 Å². The zero-order valence-electron chi connectivity index (χ0n) is 11.4. The number of thiophene rings is 1. The predicted octanol–water partition coefficient (Wildman–Crippen LogP) is 2.14. The van der Waals surface area contributed by atoms with Gasteiger partial charge in [-0.1, -0.05) is 6.92 Å². The van der Waals surface area contributed by atoms with E-state index in [2.05, 4.69) is 28.3 Å². The summed E-state index contributed by atoms with van der Waals surface area (Å²) in [6, 6.07) is 2.12. The standard InChI is InChI=1S/C13H18N4OS/c1-4-9-7-10-12(15-8-16-13(10)19-9)14-6-5-11(18)17(2)3/h7-8H,4-6H2,1-3H3,(H,14,15,16). The van der Waals surface area contributed by atoms with E-state index in [9.17, 15) is 4.79 Å². The summed E-state index contributed by atoms with van der Waals surface area (Å²) < 4.78 is 0. The Morgan fingerprint density at radius 3 is 2.89 bits per heavy atom. The van der Waals surface area contributed by atoms with Crippen molar-refractivity contribution in [2.24, 2.45) is 0 Å². The first-order chi connectivity index (χ1) is 9.11. The van der Waals surface area contributed by atoms with Crippen LogP contribution in [0.2, 0.25) is 0 Å². The first-order valence-electron chi connectivity index (χ1n) is 6.29. The highest BCUT2D eigenvalue weighted by molar-refractivity contribution is 7.18. The smallest absolute Gasteiger partial charge is 0.223 e. The van der Waals surface area contributed by atoms with Crippen molar-refractivity contribution in [3.8, 4) is 0 Å². The number of hydrogen-bond donors (Lipinski definition) is 1. The summed E-state index contributed by atoms with van der Waals surface area (Å²) in [4.78, 5) is 23.9. The lowest BCUT2D eigenvalue weighted by Gasteiger charge is -2.10. The van der Waals surface area contributed by atoms with Gasteiger partial charge in [0.2, 0.25) is 5.91 Å². The fraction of sp³-hybridized carbons (Fsp3) is 0.462. The van der Waals surface area contributed by atoms with E-state index >= 15 is 0 Å². The number of nitrogens with one attached hydrogen (secondary N) is 1. The molecule has 1 N–H and O–H groups in total. The van der Waals surface area contributed by atoms with Crippen LogP contribution < -0.4 is 5.32 Å². The molecule has 0 aliphatic carbocycles. The van der Waals surface area contributed by atoms with Crippen LogP contribution in [0, 0.1) is 0 Å². The highest BCUT2D eigenvalue weighted by Crippen LogP contribution is 2.28. The number of carbonyl (C=O) groups is 1. The van der Waals surface area contributed by atoms with E-state index in [1.54, 1.807) is 36.7 Å². The zero-order valence-corrected chi connectivity index (χ0v) is 12.3. The molecular formula is C13H18N4OS. The molecule has 0 spiro atoms. The van der Waals surface area contributed by atoms with E-state index in [1.807, 2.05) is 0 Å².